The van der Waals surface area contributed by atoms with Crippen molar-refractivity contribution in [3.05, 3.63) is 45.4 Å². The third kappa shape index (κ3) is 3.57. The summed E-state index contributed by atoms with van der Waals surface area (Å²) >= 11 is 1.57. The van der Waals surface area contributed by atoms with Gasteiger partial charge in [-0.15, -0.1) is 11.3 Å². The number of hydrogen-bond donors (Lipinski definition) is 1. The van der Waals surface area contributed by atoms with Gasteiger partial charge in [0.25, 0.3) is 5.91 Å². The number of rotatable bonds is 4. The number of aryl methyl sites for hydroxylation is 2. The molecule has 2 amide bonds. The number of aromatic nitrogens is 1. The Kier molecular flexibility index (Phi) is 5.19. The van der Waals surface area contributed by atoms with E-state index in [9.17, 15) is 9.59 Å². The van der Waals surface area contributed by atoms with Crippen LogP contribution in [0.2, 0.25) is 0 Å². The zero-order valence-electron chi connectivity index (χ0n) is 19.5. The van der Waals surface area contributed by atoms with E-state index in [1.54, 1.807) is 11.3 Å². The Labute approximate surface area is 194 Å². The van der Waals surface area contributed by atoms with Crippen molar-refractivity contribution in [3.63, 3.8) is 0 Å². The maximum atomic E-state index is 13.0. The second-order valence-electron chi connectivity index (χ2n) is 10.8. The van der Waals surface area contributed by atoms with E-state index in [0.717, 1.165) is 49.5 Å². The third-order valence-electron chi connectivity index (χ3n) is 8.53. The lowest BCUT2D eigenvalue weighted by Crippen LogP contribution is -2.39. The quantitative estimate of drug-likeness (QED) is 0.689. The smallest absolute Gasteiger partial charge is 0.275 e. The van der Waals surface area contributed by atoms with E-state index in [1.807, 2.05) is 16.3 Å². The molecule has 1 N–H and O–H groups in total. The zero-order chi connectivity index (χ0) is 22.7. The lowest BCUT2D eigenvalue weighted by molar-refractivity contribution is -0.134. The van der Waals surface area contributed by atoms with Crippen LogP contribution < -0.4 is 5.32 Å². The van der Waals surface area contributed by atoms with Crippen molar-refractivity contribution in [2.24, 2.45) is 16.7 Å². The van der Waals surface area contributed by atoms with Crippen LogP contribution in [0.25, 0.3) is 0 Å². The minimum absolute atomic E-state index is 0.0807. The summed E-state index contributed by atoms with van der Waals surface area (Å²) in [5.74, 6) is 0.620. The molecule has 0 unspecified atom stereocenters. The summed E-state index contributed by atoms with van der Waals surface area (Å²) < 4.78 is 0. The maximum absolute atomic E-state index is 13.0. The van der Waals surface area contributed by atoms with Crippen molar-refractivity contribution in [2.45, 2.75) is 65.7 Å². The number of fused-ring (bicyclic) bond motifs is 1. The Bertz CT molecular complexity index is 1050. The van der Waals surface area contributed by atoms with Crippen LogP contribution in [0.3, 0.4) is 0 Å². The number of carbonyl (C=O) groups excluding carboxylic acids is 2. The molecule has 0 spiro atoms. The Morgan fingerprint density at radius 2 is 1.75 bits per heavy atom. The van der Waals surface area contributed by atoms with Gasteiger partial charge in [-0.1, -0.05) is 33.8 Å². The summed E-state index contributed by atoms with van der Waals surface area (Å²) in [6.07, 6.45) is 5.26. The molecule has 2 aliphatic carbocycles. The average molecular weight is 452 g/mol. The van der Waals surface area contributed by atoms with Gasteiger partial charge in [0.05, 0.1) is 5.01 Å². The van der Waals surface area contributed by atoms with E-state index < -0.39 is 0 Å². The minimum Gasteiger partial charge on any atom is -0.342 e. The van der Waals surface area contributed by atoms with Crippen LogP contribution in [0.4, 0.5) is 5.69 Å². The minimum atomic E-state index is -0.142. The first-order valence-corrected chi connectivity index (χ1v) is 12.7. The van der Waals surface area contributed by atoms with E-state index in [2.05, 4.69) is 50.1 Å². The molecular formula is C26H33N3O2S. The first kappa shape index (κ1) is 21.6. The van der Waals surface area contributed by atoms with Gasteiger partial charge in [-0.3, -0.25) is 9.59 Å². The highest BCUT2D eigenvalue weighted by molar-refractivity contribution is 7.10. The molecule has 3 aliphatic rings. The van der Waals surface area contributed by atoms with Gasteiger partial charge in [0.2, 0.25) is 5.91 Å². The predicted molar refractivity (Wildman–Crippen MR) is 128 cm³/mol. The Balaban J connectivity index is 1.18. The van der Waals surface area contributed by atoms with Crippen LogP contribution in [-0.4, -0.2) is 34.8 Å². The first-order chi connectivity index (χ1) is 15.2. The molecule has 2 fully saturated rings. The summed E-state index contributed by atoms with van der Waals surface area (Å²) in [6, 6.07) is 6.22. The topological polar surface area (TPSA) is 62.3 Å². The molecule has 5 nitrogen and oxygen atoms in total. The highest BCUT2D eigenvalue weighted by atomic mass is 32.1. The fourth-order valence-electron chi connectivity index (χ4n) is 5.77. The highest BCUT2D eigenvalue weighted by Crippen LogP contribution is 2.68. The molecule has 0 bridgehead atoms. The van der Waals surface area contributed by atoms with Crippen molar-refractivity contribution in [1.29, 1.82) is 0 Å². The number of amides is 2. The molecule has 1 aromatic heterocycles. The average Bonchev–Trinajstić information content (AvgIpc) is 3.27. The molecule has 1 aromatic carbocycles. The Morgan fingerprint density at radius 3 is 2.44 bits per heavy atom. The second-order valence-corrected chi connectivity index (χ2v) is 11.7. The third-order valence-corrected chi connectivity index (χ3v) is 9.54. The molecule has 6 heteroatoms. The van der Waals surface area contributed by atoms with E-state index in [4.69, 9.17) is 0 Å². The largest absolute Gasteiger partial charge is 0.342 e. The molecule has 1 saturated heterocycles. The summed E-state index contributed by atoms with van der Waals surface area (Å²) in [7, 11) is 0. The normalized spacial score (nSPS) is 21.9. The molecule has 32 heavy (non-hydrogen) atoms. The number of thiazole rings is 1. The van der Waals surface area contributed by atoms with Crippen molar-refractivity contribution in [2.75, 3.05) is 18.4 Å². The molecule has 1 saturated carbocycles. The Morgan fingerprint density at radius 1 is 1.06 bits per heavy atom. The lowest BCUT2D eigenvalue weighted by Gasteiger charge is -2.31. The Hall–Kier alpha value is -2.21. The molecule has 0 atom stereocenters. The van der Waals surface area contributed by atoms with Crippen LogP contribution in [-0.2, 0) is 17.6 Å². The molecule has 170 valence electrons. The van der Waals surface area contributed by atoms with Crippen LogP contribution in [0.5, 0.6) is 0 Å². The van der Waals surface area contributed by atoms with E-state index in [-0.39, 0.29) is 22.7 Å². The zero-order valence-corrected chi connectivity index (χ0v) is 20.3. The summed E-state index contributed by atoms with van der Waals surface area (Å²) in [5, 5.41) is 5.90. The highest BCUT2D eigenvalue weighted by Gasteiger charge is 2.68. The van der Waals surface area contributed by atoms with Crippen molar-refractivity contribution < 1.29 is 9.59 Å². The summed E-state index contributed by atoms with van der Waals surface area (Å²) in [6.45, 7) is 10.4. The van der Waals surface area contributed by atoms with Gasteiger partial charge in [0.15, 0.2) is 0 Å². The maximum Gasteiger partial charge on any atom is 0.275 e. The number of piperidine rings is 1. The number of likely N-dealkylation sites (tertiary alicyclic amines) is 1. The first-order valence-electron chi connectivity index (χ1n) is 11.9. The SMILES string of the molecule is CC1(C)C(C(=O)N2CCC(c3nc(C(=O)Nc4ccc5c(c4)CCC5)cs3)CC2)C1(C)C. The monoisotopic (exact) mass is 451 g/mol. The lowest BCUT2D eigenvalue weighted by atomic mass is 9.96. The molecule has 2 heterocycles. The second kappa shape index (κ2) is 7.68. The molecule has 5 rings (SSSR count). The number of nitrogens with zero attached hydrogens (tertiary/aromatic N) is 2. The van der Waals surface area contributed by atoms with E-state index >= 15 is 0 Å². The molecular weight excluding hydrogens is 418 g/mol. The fourth-order valence-corrected chi connectivity index (χ4v) is 6.74. The number of nitrogens with one attached hydrogen (secondary N) is 1. The molecule has 1 aliphatic heterocycles. The van der Waals surface area contributed by atoms with Crippen molar-refractivity contribution >= 4 is 28.8 Å². The van der Waals surface area contributed by atoms with E-state index in [1.165, 1.54) is 17.5 Å². The van der Waals surface area contributed by atoms with Crippen LogP contribution >= 0.6 is 11.3 Å². The predicted octanol–water partition coefficient (Wildman–Crippen LogP) is 5.27. The standard InChI is InChI=1S/C26H33N3O2S/c1-25(2)21(26(25,3)4)24(31)29-12-10-17(11-13-29)23-28-20(15-32-23)22(30)27-19-9-8-16-6-5-7-18(16)14-19/h8-9,14-15,17,21H,5-7,10-13H2,1-4H3,(H,27,30). The number of carbonyl (C=O) groups is 2. The van der Waals surface area contributed by atoms with Crippen LogP contribution in [0.15, 0.2) is 23.6 Å². The van der Waals surface area contributed by atoms with Crippen LogP contribution in [0.1, 0.15) is 79.5 Å². The van der Waals surface area contributed by atoms with Gasteiger partial charge in [-0.2, -0.15) is 0 Å². The summed E-state index contributed by atoms with van der Waals surface area (Å²) in [4.78, 5) is 32.5. The number of anilines is 1. The number of hydrogen-bond acceptors (Lipinski definition) is 4. The van der Waals surface area contributed by atoms with Gasteiger partial charge >= 0.3 is 0 Å². The summed E-state index contributed by atoms with van der Waals surface area (Å²) in [5.41, 5.74) is 4.25. The van der Waals surface area contributed by atoms with Gasteiger partial charge < -0.3 is 10.2 Å². The molecule has 0 radical (unpaired) electrons. The van der Waals surface area contributed by atoms with Crippen molar-refractivity contribution in [3.8, 4) is 0 Å². The van der Waals surface area contributed by atoms with E-state index in [0.29, 0.717) is 17.5 Å². The fraction of sp³-hybridized carbons (Fsp3) is 0.577. The molecule has 2 aromatic rings. The van der Waals surface area contributed by atoms with Crippen LogP contribution in [0, 0.1) is 16.7 Å². The van der Waals surface area contributed by atoms with Crippen molar-refractivity contribution in [1.82, 2.24) is 9.88 Å². The van der Waals surface area contributed by atoms with Gasteiger partial charge in [0, 0.05) is 36.0 Å². The van der Waals surface area contributed by atoms with Gasteiger partial charge in [-0.25, -0.2) is 4.98 Å². The van der Waals surface area contributed by atoms with Gasteiger partial charge in [0.1, 0.15) is 5.69 Å². The van der Waals surface area contributed by atoms with Gasteiger partial charge in [-0.05, 0) is 66.2 Å². The number of benzene rings is 1.